The van der Waals surface area contributed by atoms with E-state index < -0.39 is 0 Å². The molecule has 6 nitrogen and oxygen atoms in total. The van der Waals surface area contributed by atoms with Gasteiger partial charge in [-0.05, 0) is 26.0 Å². The van der Waals surface area contributed by atoms with Crippen LogP contribution in [0.15, 0.2) is 24.5 Å². The van der Waals surface area contributed by atoms with E-state index in [0.717, 1.165) is 28.7 Å². The van der Waals surface area contributed by atoms with Gasteiger partial charge in [0.1, 0.15) is 10.7 Å². The second-order valence-electron chi connectivity index (χ2n) is 5.50. The van der Waals surface area contributed by atoms with E-state index in [-0.39, 0.29) is 11.9 Å². The van der Waals surface area contributed by atoms with Gasteiger partial charge in [0.15, 0.2) is 0 Å². The third-order valence-corrected chi connectivity index (χ3v) is 4.81. The highest BCUT2D eigenvalue weighted by molar-refractivity contribution is 7.11. The third kappa shape index (κ3) is 3.86. The summed E-state index contributed by atoms with van der Waals surface area (Å²) in [6.07, 6.45) is 3.50. The van der Waals surface area contributed by atoms with Gasteiger partial charge in [0.25, 0.3) is 5.91 Å². The Balaban J connectivity index is 1.69. The molecular formula is C16H20N4O2S. The fourth-order valence-corrected chi connectivity index (χ4v) is 3.24. The van der Waals surface area contributed by atoms with Crippen LogP contribution in [-0.2, 0) is 4.74 Å². The number of nitrogens with one attached hydrogen (secondary N) is 1. The average Bonchev–Trinajstić information content (AvgIpc) is 3.02. The largest absolute Gasteiger partial charge is 0.378 e. The first-order valence-corrected chi connectivity index (χ1v) is 8.47. The maximum Gasteiger partial charge on any atom is 0.270 e. The van der Waals surface area contributed by atoms with E-state index in [4.69, 9.17) is 4.74 Å². The summed E-state index contributed by atoms with van der Waals surface area (Å²) in [4.78, 5) is 24.3. The van der Waals surface area contributed by atoms with Crippen molar-refractivity contribution in [3.05, 3.63) is 40.1 Å². The molecular weight excluding hydrogens is 312 g/mol. The first kappa shape index (κ1) is 15.9. The molecule has 0 aromatic carbocycles. The van der Waals surface area contributed by atoms with Gasteiger partial charge in [0.2, 0.25) is 0 Å². The normalized spacial score (nSPS) is 16.2. The minimum Gasteiger partial charge on any atom is -0.378 e. The molecule has 122 valence electrons. The molecule has 0 bridgehead atoms. The SMILES string of the molecule is Cc1cnc(C(C)NC(=O)c2cc(N3CCOCC3)ccn2)s1. The van der Waals surface area contributed by atoms with E-state index in [1.54, 1.807) is 17.5 Å². The molecule has 0 saturated carbocycles. The lowest BCUT2D eigenvalue weighted by atomic mass is 10.2. The molecule has 0 aliphatic carbocycles. The molecule has 2 aromatic rings. The Kier molecular flexibility index (Phi) is 4.88. The highest BCUT2D eigenvalue weighted by atomic mass is 32.1. The van der Waals surface area contributed by atoms with Crippen LogP contribution in [0.5, 0.6) is 0 Å². The molecule has 0 radical (unpaired) electrons. The fourth-order valence-electron chi connectivity index (χ4n) is 2.47. The summed E-state index contributed by atoms with van der Waals surface area (Å²) in [5.74, 6) is -0.180. The van der Waals surface area contributed by atoms with Crippen molar-refractivity contribution in [2.45, 2.75) is 19.9 Å². The summed E-state index contributed by atoms with van der Waals surface area (Å²) in [5.41, 5.74) is 1.43. The lowest BCUT2D eigenvalue weighted by molar-refractivity contribution is 0.0935. The summed E-state index contributed by atoms with van der Waals surface area (Å²) >= 11 is 1.59. The van der Waals surface area contributed by atoms with E-state index in [1.165, 1.54) is 0 Å². The highest BCUT2D eigenvalue weighted by Crippen LogP contribution is 2.20. The van der Waals surface area contributed by atoms with Crippen LogP contribution < -0.4 is 10.2 Å². The topological polar surface area (TPSA) is 67.4 Å². The second-order valence-corrected chi connectivity index (χ2v) is 6.77. The standard InChI is InChI=1S/C16H20N4O2S/c1-11-10-18-16(23-11)12(2)19-15(21)14-9-13(3-4-17-14)20-5-7-22-8-6-20/h3-4,9-10,12H,5-8H2,1-2H3,(H,19,21). The van der Waals surface area contributed by atoms with Gasteiger partial charge >= 0.3 is 0 Å². The lowest BCUT2D eigenvalue weighted by Crippen LogP contribution is -2.36. The number of nitrogens with zero attached hydrogens (tertiary/aromatic N) is 3. The van der Waals surface area contributed by atoms with Gasteiger partial charge in [-0.15, -0.1) is 11.3 Å². The third-order valence-electron chi connectivity index (χ3n) is 3.71. The van der Waals surface area contributed by atoms with Crippen molar-refractivity contribution >= 4 is 22.9 Å². The Bertz CT molecular complexity index is 682. The number of thiazole rings is 1. The zero-order chi connectivity index (χ0) is 16.2. The molecule has 1 aliphatic rings. The van der Waals surface area contributed by atoms with Crippen LogP contribution in [0.3, 0.4) is 0 Å². The smallest absolute Gasteiger partial charge is 0.270 e. The number of hydrogen-bond acceptors (Lipinski definition) is 6. The number of carbonyl (C=O) groups is 1. The van der Waals surface area contributed by atoms with Crippen molar-refractivity contribution in [2.24, 2.45) is 0 Å². The molecule has 0 spiro atoms. The zero-order valence-corrected chi connectivity index (χ0v) is 14.1. The van der Waals surface area contributed by atoms with Crippen LogP contribution >= 0.6 is 11.3 Å². The molecule has 1 saturated heterocycles. The molecule has 1 aliphatic heterocycles. The number of aryl methyl sites for hydroxylation is 1. The van der Waals surface area contributed by atoms with E-state index in [2.05, 4.69) is 20.2 Å². The quantitative estimate of drug-likeness (QED) is 0.929. The van der Waals surface area contributed by atoms with Crippen molar-refractivity contribution < 1.29 is 9.53 Å². The molecule has 1 atom stereocenters. The summed E-state index contributed by atoms with van der Waals surface area (Å²) < 4.78 is 5.36. The second kappa shape index (κ2) is 7.06. The van der Waals surface area contributed by atoms with E-state index in [0.29, 0.717) is 18.9 Å². The monoisotopic (exact) mass is 332 g/mol. The summed E-state index contributed by atoms with van der Waals surface area (Å²) in [6, 6.07) is 3.63. The van der Waals surface area contributed by atoms with Crippen LogP contribution in [0.1, 0.15) is 33.3 Å². The van der Waals surface area contributed by atoms with E-state index >= 15 is 0 Å². The summed E-state index contributed by atoms with van der Waals surface area (Å²) in [6.45, 7) is 7.03. The van der Waals surface area contributed by atoms with Crippen LogP contribution in [0.2, 0.25) is 0 Å². The number of rotatable bonds is 4. The lowest BCUT2D eigenvalue weighted by Gasteiger charge is -2.28. The number of carbonyl (C=O) groups excluding carboxylic acids is 1. The number of ether oxygens (including phenoxy) is 1. The first-order valence-electron chi connectivity index (χ1n) is 7.65. The van der Waals surface area contributed by atoms with Crippen LogP contribution in [0.4, 0.5) is 5.69 Å². The van der Waals surface area contributed by atoms with Crippen molar-refractivity contribution in [3.8, 4) is 0 Å². The predicted molar refractivity (Wildman–Crippen MR) is 90.0 cm³/mol. The minimum absolute atomic E-state index is 0.130. The number of pyridine rings is 1. The van der Waals surface area contributed by atoms with Gasteiger partial charge in [0.05, 0.1) is 19.3 Å². The molecule has 3 heterocycles. The van der Waals surface area contributed by atoms with E-state index in [1.807, 2.05) is 32.2 Å². The molecule has 1 unspecified atom stereocenters. The number of morpholine rings is 1. The van der Waals surface area contributed by atoms with Crippen LogP contribution in [-0.4, -0.2) is 42.2 Å². The van der Waals surface area contributed by atoms with Gasteiger partial charge in [-0.2, -0.15) is 0 Å². The molecule has 1 fully saturated rings. The number of amides is 1. The molecule has 23 heavy (non-hydrogen) atoms. The predicted octanol–water partition coefficient (Wildman–Crippen LogP) is 2.17. The zero-order valence-electron chi connectivity index (χ0n) is 13.3. The number of anilines is 1. The average molecular weight is 332 g/mol. The Morgan fingerprint density at radius 2 is 2.17 bits per heavy atom. The Hall–Kier alpha value is -1.99. The van der Waals surface area contributed by atoms with Gasteiger partial charge < -0.3 is 15.0 Å². The summed E-state index contributed by atoms with van der Waals surface area (Å²) in [5, 5.41) is 3.86. The highest BCUT2D eigenvalue weighted by Gasteiger charge is 2.17. The number of hydrogen-bond donors (Lipinski definition) is 1. The maximum atomic E-state index is 12.4. The van der Waals surface area contributed by atoms with Crippen molar-refractivity contribution in [2.75, 3.05) is 31.2 Å². The molecule has 3 rings (SSSR count). The van der Waals surface area contributed by atoms with Gasteiger partial charge in [-0.3, -0.25) is 9.78 Å². The van der Waals surface area contributed by atoms with Crippen molar-refractivity contribution in [1.82, 2.24) is 15.3 Å². The van der Waals surface area contributed by atoms with Crippen LogP contribution in [0, 0.1) is 6.92 Å². The molecule has 1 amide bonds. The number of aromatic nitrogens is 2. The Labute approximate surface area is 139 Å². The molecule has 2 aromatic heterocycles. The Morgan fingerprint density at radius 1 is 1.39 bits per heavy atom. The first-order chi connectivity index (χ1) is 11.1. The molecule has 7 heteroatoms. The van der Waals surface area contributed by atoms with Gasteiger partial charge in [-0.1, -0.05) is 0 Å². The van der Waals surface area contributed by atoms with E-state index in [9.17, 15) is 4.79 Å². The summed E-state index contributed by atoms with van der Waals surface area (Å²) in [7, 11) is 0. The molecule has 1 N–H and O–H groups in total. The fraction of sp³-hybridized carbons (Fsp3) is 0.438. The minimum atomic E-state index is -0.180. The van der Waals surface area contributed by atoms with Gasteiger partial charge in [-0.25, -0.2) is 4.98 Å². The van der Waals surface area contributed by atoms with Crippen molar-refractivity contribution in [1.29, 1.82) is 0 Å². The van der Waals surface area contributed by atoms with Gasteiger partial charge in [0, 0.05) is 36.0 Å². The maximum absolute atomic E-state index is 12.4. The Morgan fingerprint density at radius 3 is 2.87 bits per heavy atom. The van der Waals surface area contributed by atoms with Crippen LogP contribution in [0.25, 0.3) is 0 Å². The van der Waals surface area contributed by atoms with Crippen molar-refractivity contribution in [3.63, 3.8) is 0 Å².